The highest BCUT2D eigenvalue weighted by atomic mass is 32.2. The Morgan fingerprint density at radius 3 is 2.23 bits per heavy atom. The van der Waals surface area contributed by atoms with Gasteiger partial charge in [-0.05, 0) is 54.7 Å². The van der Waals surface area contributed by atoms with Crippen LogP contribution in [0.15, 0.2) is 59.8 Å². The average molecular weight is 593 g/mol. The van der Waals surface area contributed by atoms with Gasteiger partial charge in [0, 0.05) is 24.5 Å². The van der Waals surface area contributed by atoms with Crippen LogP contribution in [-0.4, -0.2) is 54.1 Å². The zero-order chi connectivity index (χ0) is 29.3. The molecule has 1 amide bonds. The Balaban J connectivity index is 1.71. The minimum absolute atomic E-state index is 0.103. The lowest BCUT2D eigenvalue weighted by atomic mass is 9.76. The van der Waals surface area contributed by atoms with E-state index in [0.29, 0.717) is 6.07 Å². The van der Waals surface area contributed by atoms with Crippen LogP contribution in [0.2, 0.25) is 0 Å². The van der Waals surface area contributed by atoms with Crippen LogP contribution in [0.25, 0.3) is 0 Å². The van der Waals surface area contributed by atoms with Gasteiger partial charge in [-0.15, -0.1) is 0 Å². The van der Waals surface area contributed by atoms with Gasteiger partial charge in [-0.25, -0.2) is 22.2 Å². The minimum atomic E-state index is -6.35. The highest BCUT2D eigenvalue weighted by Gasteiger charge is 2.73. The number of aromatic nitrogens is 2. The largest absolute Gasteiger partial charge is 0.435 e. The number of sulfone groups is 1. The van der Waals surface area contributed by atoms with E-state index in [2.05, 4.69) is 9.97 Å². The first-order valence-electron chi connectivity index (χ1n) is 11.8. The van der Waals surface area contributed by atoms with E-state index in [1.165, 1.54) is 17.3 Å². The molecule has 0 saturated carbocycles. The maximum absolute atomic E-state index is 14.9. The van der Waals surface area contributed by atoms with Crippen LogP contribution < -0.4 is 0 Å². The van der Waals surface area contributed by atoms with Gasteiger partial charge in [-0.3, -0.25) is 4.79 Å². The molecule has 2 aromatic carbocycles. The molecule has 0 unspecified atom stereocenters. The first-order valence-corrected chi connectivity index (χ1v) is 13.3. The minimum Gasteiger partial charge on any atom is -0.341 e. The molecule has 0 spiro atoms. The number of H-pyrrole nitrogens is 1. The van der Waals surface area contributed by atoms with E-state index in [1.807, 2.05) is 0 Å². The second-order valence-electron chi connectivity index (χ2n) is 9.61. The summed E-state index contributed by atoms with van der Waals surface area (Å²) >= 11 is 0. The molecule has 1 aromatic heterocycles. The van der Waals surface area contributed by atoms with Gasteiger partial charge in [0.25, 0.3) is 5.91 Å². The maximum Gasteiger partial charge on any atom is 0.435 e. The predicted molar refractivity (Wildman–Crippen MR) is 123 cm³/mol. The van der Waals surface area contributed by atoms with Crippen molar-refractivity contribution in [3.05, 3.63) is 83.2 Å². The third-order valence-electron chi connectivity index (χ3n) is 7.63. The van der Waals surface area contributed by atoms with Crippen LogP contribution in [0.4, 0.5) is 35.1 Å². The molecule has 3 aromatic rings. The van der Waals surface area contributed by atoms with Crippen molar-refractivity contribution in [1.29, 1.82) is 0 Å². The zero-order valence-corrected chi connectivity index (χ0v) is 21.0. The van der Waals surface area contributed by atoms with Crippen molar-refractivity contribution in [3.8, 4) is 0 Å². The summed E-state index contributed by atoms with van der Waals surface area (Å²) in [5.41, 5.74) is -7.83. The number of nitrogens with zero attached hydrogens (tertiary/aromatic N) is 2. The molecule has 1 aliphatic heterocycles. The molecule has 2 atom stereocenters. The Hall–Kier alpha value is -3.49. The Labute approximate surface area is 221 Å². The average Bonchev–Trinajstić information content (AvgIpc) is 3.56. The van der Waals surface area contributed by atoms with Gasteiger partial charge in [0.05, 0.1) is 10.9 Å². The van der Waals surface area contributed by atoms with Crippen molar-refractivity contribution >= 4 is 15.7 Å². The number of hydrogen-bond donors (Lipinski definition) is 1. The van der Waals surface area contributed by atoms with Gasteiger partial charge in [0.15, 0.2) is 15.7 Å². The second-order valence-corrected chi connectivity index (χ2v) is 11.8. The summed E-state index contributed by atoms with van der Waals surface area (Å²) in [4.78, 5) is 20.6. The zero-order valence-electron chi connectivity index (χ0n) is 20.2. The van der Waals surface area contributed by atoms with E-state index in [4.69, 9.17) is 0 Å². The van der Waals surface area contributed by atoms with Crippen molar-refractivity contribution in [2.24, 2.45) is 0 Å². The molecule has 1 N–H and O–H groups in total. The van der Waals surface area contributed by atoms with E-state index < -0.39 is 55.9 Å². The maximum atomic E-state index is 14.9. The molecule has 0 bridgehead atoms. The number of aromatic amines is 1. The molecule has 40 heavy (non-hydrogen) atoms. The monoisotopic (exact) mass is 593 g/mol. The first-order chi connectivity index (χ1) is 18.6. The number of carbonyl (C=O) groups is 1. The molecule has 1 aliphatic carbocycles. The molecule has 5 rings (SSSR count). The number of hydrogen-bond acceptors (Lipinski definition) is 4. The van der Waals surface area contributed by atoms with Gasteiger partial charge in [-0.2, -0.15) is 26.3 Å². The second kappa shape index (κ2) is 9.01. The molecule has 1 fully saturated rings. The summed E-state index contributed by atoms with van der Waals surface area (Å²) in [5.74, 6) is -1.52. The summed E-state index contributed by atoms with van der Waals surface area (Å²) in [7, 11) is -4.56. The number of likely N-dealkylation sites (tertiary alicyclic amines) is 1. The Morgan fingerprint density at radius 1 is 1.00 bits per heavy atom. The predicted octanol–water partition coefficient (Wildman–Crippen LogP) is 5.37. The molecule has 15 heteroatoms. The fraction of sp³-hybridized carbons (Fsp3) is 0.360. The molecule has 0 radical (unpaired) electrons. The number of imidazole rings is 1. The number of benzene rings is 2. The van der Waals surface area contributed by atoms with Gasteiger partial charge in [0.1, 0.15) is 10.6 Å². The van der Waals surface area contributed by atoms with Gasteiger partial charge in [0.2, 0.25) is 0 Å². The lowest BCUT2D eigenvalue weighted by Gasteiger charge is -2.43. The van der Waals surface area contributed by atoms with Crippen molar-refractivity contribution < 1.29 is 48.3 Å². The summed E-state index contributed by atoms with van der Waals surface area (Å²) in [5, 5.41) is 0. The molecule has 2 heterocycles. The Kier molecular flexibility index (Phi) is 6.32. The number of carbonyl (C=O) groups excluding carboxylic acids is 1. The van der Waals surface area contributed by atoms with Gasteiger partial charge in [-0.1, -0.05) is 18.2 Å². The lowest BCUT2D eigenvalue weighted by Crippen LogP contribution is -2.53. The van der Waals surface area contributed by atoms with E-state index in [1.54, 1.807) is 0 Å². The number of alkyl halides is 7. The fourth-order valence-electron chi connectivity index (χ4n) is 5.82. The van der Waals surface area contributed by atoms with Crippen molar-refractivity contribution in [2.45, 2.75) is 53.0 Å². The van der Waals surface area contributed by atoms with Crippen molar-refractivity contribution in [2.75, 3.05) is 6.54 Å². The van der Waals surface area contributed by atoms with Crippen LogP contribution in [-0.2, 0) is 26.7 Å². The van der Waals surface area contributed by atoms with Crippen LogP contribution in [0.5, 0.6) is 0 Å². The van der Waals surface area contributed by atoms with E-state index >= 15 is 0 Å². The number of aryl methyl sites for hydroxylation is 1. The van der Waals surface area contributed by atoms with Crippen LogP contribution >= 0.6 is 0 Å². The molecular formula is C25H19F8N3O3S. The Morgan fingerprint density at radius 2 is 1.65 bits per heavy atom. The van der Waals surface area contributed by atoms with E-state index in [-0.39, 0.29) is 53.7 Å². The van der Waals surface area contributed by atoms with Gasteiger partial charge >= 0.3 is 18.0 Å². The summed E-state index contributed by atoms with van der Waals surface area (Å²) in [6, 6.07) is 4.05. The number of halogens is 8. The number of nitrogens with one attached hydrogen (secondary N) is 1. The quantitative estimate of drug-likeness (QED) is 0.326. The lowest BCUT2D eigenvalue weighted by molar-refractivity contribution is -0.348. The number of rotatable bonds is 4. The smallest absolute Gasteiger partial charge is 0.341 e. The highest BCUT2D eigenvalue weighted by molar-refractivity contribution is 7.92. The van der Waals surface area contributed by atoms with Crippen molar-refractivity contribution in [1.82, 2.24) is 14.9 Å². The van der Waals surface area contributed by atoms with Gasteiger partial charge < -0.3 is 9.88 Å². The molecule has 1 saturated heterocycles. The summed E-state index contributed by atoms with van der Waals surface area (Å²) < 4.78 is 136. The molecule has 2 aliphatic rings. The topological polar surface area (TPSA) is 83.1 Å². The number of amides is 1. The SMILES string of the molecule is O=C(c1ncc[nH]1)N1CC[C@]2(S(=O)(=O)c3ccc(F)cc3)c3ccc(C(F)(C(F)(F)F)C(F)(F)F)cc3CC[C@H]12. The van der Waals surface area contributed by atoms with Crippen LogP contribution in [0, 0.1) is 5.82 Å². The molecular weight excluding hydrogens is 574 g/mol. The van der Waals surface area contributed by atoms with Crippen LogP contribution in [0.1, 0.15) is 40.2 Å². The normalized spacial score (nSPS) is 21.7. The number of fused-ring (bicyclic) bond motifs is 3. The molecule has 214 valence electrons. The van der Waals surface area contributed by atoms with E-state index in [9.17, 15) is 48.3 Å². The standard InChI is InChI=1S/C25H19F8N3O3S/c26-16-3-5-17(6-4-16)40(38,39)22-9-12-36(21(37)20-34-10-11-35-20)19(22)8-1-14-13-15(2-7-18(14)22)23(27,24(28,29)30)25(31,32)33/h2-7,10-11,13,19H,1,8-9,12H2,(H,34,35)/t19-,22-/m0/s1. The van der Waals surface area contributed by atoms with Crippen LogP contribution in [0.3, 0.4) is 0 Å². The Bertz CT molecular complexity index is 1540. The van der Waals surface area contributed by atoms with Crippen molar-refractivity contribution in [3.63, 3.8) is 0 Å². The summed E-state index contributed by atoms with van der Waals surface area (Å²) in [6.45, 7) is -0.149. The highest BCUT2D eigenvalue weighted by Crippen LogP contribution is 2.56. The summed E-state index contributed by atoms with van der Waals surface area (Å²) in [6.07, 6.45) is -10.7. The van der Waals surface area contributed by atoms with E-state index in [0.717, 1.165) is 30.3 Å². The third kappa shape index (κ3) is 3.84. The molecule has 6 nitrogen and oxygen atoms in total. The fourth-order valence-corrected chi connectivity index (χ4v) is 8.18. The third-order valence-corrected chi connectivity index (χ3v) is 10.2. The first kappa shape index (κ1) is 28.1.